The molecule has 1 fully saturated rings. The van der Waals surface area contributed by atoms with Crippen molar-refractivity contribution in [3.05, 3.63) is 60.2 Å². The molecule has 1 aromatic carbocycles. The number of aryl methyl sites for hydroxylation is 2. The van der Waals surface area contributed by atoms with E-state index in [1.54, 1.807) is 12.4 Å². The molecule has 1 aliphatic heterocycles. The van der Waals surface area contributed by atoms with Crippen LogP contribution in [0.4, 0.5) is 5.69 Å². The average molecular weight is 377 g/mol. The van der Waals surface area contributed by atoms with Gasteiger partial charge in [-0.2, -0.15) is 4.98 Å². The van der Waals surface area contributed by atoms with Crippen molar-refractivity contribution in [2.45, 2.75) is 19.8 Å². The van der Waals surface area contributed by atoms with Crippen molar-refractivity contribution in [3.8, 4) is 11.4 Å². The Kier molecular flexibility index (Phi) is 5.32. The number of aromatic nitrogens is 3. The van der Waals surface area contributed by atoms with Gasteiger partial charge in [0.1, 0.15) is 0 Å². The van der Waals surface area contributed by atoms with Gasteiger partial charge >= 0.3 is 0 Å². The fourth-order valence-electron chi connectivity index (χ4n) is 3.46. The minimum Gasteiger partial charge on any atom is -0.368 e. The summed E-state index contributed by atoms with van der Waals surface area (Å²) in [6, 6.07) is 12.0. The van der Waals surface area contributed by atoms with Gasteiger partial charge in [0, 0.05) is 62.7 Å². The molecule has 0 atom stereocenters. The minimum absolute atomic E-state index is 0.132. The predicted molar refractivity (Wildman–Crippen MR) is 106 cm³/mol. The maximum Gasteiger partial charge on any atom is 0.227 e. The molecule has 0 bridgehead atoms. The van der Waals surface area contributed by atoms with Crippen molar-refractivity contribution < 1.29 is 9.32 Å². The number of piperazine rings is 1. The van der Waals surface area contributed by atoms with E-state index in [4.69, 9.17) is 4.52 Å². The summed E-state index contributed by atoms with van der Waals surface area (Å²) in [7, 11) is 0. The topological polar surface area (TPSA) is 75.4 Å². The van der Waals surface area contributed by atoms with Gasteiger partial charge in [0.2, 0.25) is 17.6 Å². The zero-order valence-electron chi connectivity index (χ0n) is 15.9. The lowest BCUT2D eigenvalue weighted by atomic mass is 10.1. The van der Waals surface area contributed by atoms with Crippen molar-refractivity contribution >= 4 is 11.6 Å². The standard InChI is InChI=1S/C21H23N5O2/c1-16-4-2-3-5-18(16)25-12-14-26(15-13-25)20(27)7-6-19-23-21(24-28-19)17-8-10-22-11-9-17/h2-5,8-11H,6-7,12-15H2,1H3. The van der Waals surface area contributed by atoms with Crippen molar-refractivity contribution in [1.82, 2.24) is 20.0 Å². The van der Waals surface area contributed by atoms with Crippen LogP contribution in [0.25, 0.3) is 11.4 Å². The third-order valence-electron chi connectivity index (χ3n) is 5.05. The van der Waals surface area contributed by atoms with Crippen molar-refractivity contribution in [2.24, 2.45) is 0 Å². The molecule has 0 unspecified atom stereocenters. The third-order valence-corrected chi connectivity index (χ3v) is 5.05. The highest BCUT2D eigenvalue weighted by molar-refractivity contribution is 5.76. The molecule has 4 rings (SSSR count). The first-order chi connectivity index (χ1) is 13.7. The Balaban J connectivity index is 1.28. The number of para-hydroxylation sites is 1. The predicted octanol–water partition coefficient (Wildman–Crippen LogP) is 2.72. The van der Waals surface area contributed by atoms with Gasteiger partial charge in [-0.1, -0.05) is 23.4 Å². The molecule has 144 valence electrons. The monoisotopic (exact) mass is 377 g/mol. The molecule has 1 amide bonds. The van der Waals surface area contributed by atoms with Gasteiger partial charge in [-0.3, -0.25) is 9.78 Å². The Bertz CT molecular complexity index is 933. The van der Waals surface area contributed by atoms with Gasteiger partial charge in [-0.05, 0) is 30.7 Å². The Morgan fingerprint density at radius 3 is 2.57 bits per heavy atom. The van der Waals surface area contributed by atoms with Crippen molar-refractivity contribution in [1.29, 1.82) is 0 Å². The van der Waals surface area contributed by atoms with E-state index >= 15 is 0 Å². The molecule has 0 N–H and O–H groups in total. The summed E-state index contributed by atoms with van der Waals surface area (Å²) in [5, 5.41) is 3.98. The van der Waals surface area contributed by atoms with Crippen LogP contribution in [0.2, 0.25) is 0 Å². The van der Waals surface area contributed by atoms with Crippen LogP contribution >= 0.6 is 0 Å². The van der Waals surface area contributed by atoms with Crippen LogP contribution in [-0.2, 0) is 11.2 Å². The van der Waals surface area contributed by atoms with Crippen LogP contribution in [0.1, 0.15) is 17.9 Å². The zero-order valence-corrected chi connectivity index (χ0v) is 15.9. The number of benzene rings is 1. The van der Waals surface area contributed by atoms with Gasteiger partial charge in [0.05, 0.1) is 0 Å². The molecule has 0 saturated carbocycles. The van der Waals surface area contributed by atoms with Gasteiger partial charge in [-0.15, -0.1) is 0 Å². The molecule has 1 aliphatic rings. The lowest BCUT2D eigenvalue weighted by molar-refractivity contribution is -0.131. The SMILES string of the molecule is Cc1ccccc1N1CCN(C(=O)CCc2nc(-c3ccncc3)no2)CC1. The number of anilines is 1. The second kappa shape index (κ2) is 8.21. The summed E-state index contributed by atoms with van der Waals surface area (Å²) in [4.78, 5) is 25.2. The second-order valence-electron chi connectivity index (χ2n) is 6.90. The highest BCUT2D eigenvalue weighted by Crippen LogP contribution is 2.21. The van der Waals surface area contributed by atoms with Crippen molar-refractivity contribution in [3.63, 3.8) is 0 Å². The van der Waals surface area contributed by atoms with E-state index in [0.717, 1.165) is 31.7 Å². The summed E-state index contributed by atoms with van der Waals surface area (Å²) in [5.74, 6) is 1.14. The first-order valence-corrected chi connectivity index (χ1v) is 9.52. The number of pyridine rings is 1. The highest BCUT2D eigenvalue weighted by atomic mass is 16.5. The summed E-state index contributed by atoms with van der Waals surface area (Å²) in [6.45, 7) is 5.29. The van der Waals surface area contributed by atoms with E-state index in [1.165, 1.54) is 11.3 Å². The Morgan fingerprint density at radius 1 is 1.07 bits per heavy atom. The Morgan fingerprint density at radius 2 is 1.82 bits per heavy atom. The maximum absolute atomic E-state index is 12.6. The minimum atomic E-state index is 0.132. The molecule has 3 aromatic rings. The van der Waals surface area contributed by atoms with E-state index in [0.29, 0.717) is 24.6 Å². The number of carbonyl (C=O) groups excluding carboxylic acids is 1. The van der Waals surface area contributed by atoms with Crippen LogP contribution < -0.4 is 4.90 Å². The number of hydrogen-bond donors (Lipinski definition) is 0. The molecule has 1 saturated heterocycles. The molecule has 0 aliphatic carbocycles. The number of carbonyl (C=O) groups is 1. The summed E-state index contributed by atoms with van der Waals surface area (Å²) in [6.07, 6.45) is 4.20. The summed E-state index contributed by atoms with van der Waals surface area (Å²) in [5.41, 5.74) is 3.37. The highest BCUT2D eigenvalue weighted by Gasteiger charge is 2.22. The van der Waals surface area contributed by atoms with E-state index in [2.05, 4.69) is 51.2 Å². The van der Waals surface area contributed by atoms with E-state index in [1.807, 2.05) is 17.0 Å². The largest absolute Gasteiger partial charge is 0.368 e. The van der Waals surface area contributed by atoms with Gasteiger partial charge in [0.15, 0.2) is 0 Å². The molecule has 0 spiro atoms. The quantitative estimate of drug-likeness (QED) is 0.681. The molecule has 7 nitrogen and oxygen atoms in total. The van der Waals surface area contributed by atoms with Crippen molar-refractivity contribution in [2.75, 3.05) is 31.1 Å². The van der Waals surface area contributed by atoms with Crippen LogP contribution in [0, 0.1) is 6.92 Å². The molecule has 0 radical (unpaired) electrons. The average Bonchev–Trinajstić information content (AvgIpc) is 3.22. The molecule has 28 heavy (non-hydrogen) atoms. The van der Waals surface area contributed by atoms with Gasteiger partial charge < -0.3 is 14.3 Å². The van der Waals surface area contributed by atoms with Gasteiger partial charge in [0.25, 0.3) is 0 Å². The Hall–Kier alpha value is -3.22. The van der Waals surface area contributed by atoms with Crippen LogP contribution in [0.15, 0.2) is 53.3 Å². The molecular weight excluding hydrogens is 354 g/mol. The fraction of sp³-hybridized carbons (Fsp3) is 0.333. The van der Waals surface area contributed by atoms with E-state index in [-0.39, 0.29) is 5.91 Å². The molecule has 3 heterocycles. The third kappa shape index (κ3) is 4.03. The van der Waals surface area contributed by atoms with E-state index in [9.17, 15) is 4.79 Å². The summed E-state index contributed by atoms with van der Waals surface area (Å²) < 4.78 is 5.28. The normalized spacial score (nSPS) is 14.3. The van der Waals surface area contributed by atoms with Gasteiger partial charge in [-0.25, -0.2) is 0 Å². The maximum atomic E-state index is 12.6. The zero-order chi connectivity index (χ0) is 19.3. The molecule has 7 heteroatoms. The number of amides is 1. The number of rotatable bonds is 5. The smallest absolute Gasteiger partial charge is 0.227 e. The van der Waals surface area contributed by atoms with Crippen LogP contribution in [0.3, 0.4) is 0 Å². The van der Waals surface area contributed by atoms with E-state index < -0.39 is 0 Å². The fourth-order valence-corrected chi connectivity index (χ4v) is 3.46. The lowest BCUT2D eigenvalue weighted by Gasteiger charge is -2.36. The first-order valence-electron chi connectivity index (χ1n) is 9.52. The first kappa shape index (κ1) is 18.2. The second-order valence-corrected chi connectivity index (χ2v) is 6.90. The van der Waals surface area contributed by atoms with Crippen LogP contribution in [-0.4, -0.2) is 52.1 Å². The van der Waals surface area contributed by atoms with Crippen LogP contribution in [0.5, 0.6) is 0 Å². The Labute approximate surface area is 164 Å². The molecular formula is C21H23N5O2. The lowest BCUT2D eigenvalue weighted by Crippen LogP contribution is -2.49. The summed E-state index contributed by atoms with van der Waals surface area (Å²) >= 11 is 0. The number of nitrogens with zero attached hydrogens (tertiary/aromatic N) is 5. The number of hydrogen-bond acceptors (Lipinski definition) is 6. The molecule has 2 aromatic heterocycles.